The average Bonchev–Trinajstić information content (AvgIpc) is 3.29. The SMILES string of the molecule is C=C1NN(c2ccccc2)C(=O)[C@]12[C@@H]1C=C[C@@H](C1)[C@]2(C(=O)OC)C(F)(F)F. The van der Waals surface area contributed by atoms with Crippen molar-refractivity contribution in [3.8, 4) is 0 Å². The van der Waals surface area contributed by atoms with Crippen molar-refractivity contribution >= 4 is 17.6 Å². The number of carbonyl (C=O) groups is 2. The zero-order chi connectivity index (χ0) is 19.6. The lowest BCUT2D eigenvalue weighted by atomic mass is 9.55. The van der Waals surface area contributed by atoms with Gasteiger partial charge in [-0.25, -0.2) is 5.01 Å². The number of methoxy groups -OCH3 is 1. The average molecular weight is 378 g/mol. The molecule has 1 aromatic rings. The minimum atomic E-state index is -5.00. The number of fused-ring (bicyclic) bond motifs is 3. The van der Waals surface area contributed by atoms with Crippen molar-refractivity contribution in [3.63, 3.8) is 0 Å². The van der Waals surface area contributed by atoms with Gasteiger partial charge >= 0.3 is 12.1 Å². The number of carbonyl (C=O) groups excluding carboxylic acids is 2. The van der Waals surface area contributed by atoms with Crippen molar-refractivity contribution in [2.24, 2.45) is 22.7 Å². The van der Waals surface area contributed by atoms with Gasteiger partial charge in [0.1, 0.15) is 5.41 Å². The van der Waals surface area contributed by atoms with Crippen LogP contribution >= 0.6 is 0 Å². The first kappa shape index (κ1) is 17.6. The van der Waals surface area contributed by atoms with E-state index in [1.807, 2.05) is 0 Å². The van der Waals surface area contributed by atoms with E-state index in [2.05, 4.69) is 16.7 Å². The summed E-state index contributed by atoms with van der Waals surface area (Å²) in [5, 5.41) is 1.04. The molecule has 0 aromatic heterocycles. The number of nitrogens with one attached hydrogen (secondary N) is 1. The largest absolute Gasteiger partial charge is 0.468 e. The fourth-order valence-electron chi connectivity index (χ4n) is 5.08. The molecule has 2 aliphatic carbocycles. The number of benzene rings is 1. The molecule has 1 spiro atoms. The number of ether oxygens (including phenoxy) is 1. The molecule has 1 aromatic carbocycles. The Morgan fingerprint density at radius 2 is 1.89 bits per heavy atom. The highest BCUT2D eigenvalue weighted by atomic mass is 19.4. The second-order valence-electron chi connectivity index (χ2n) is 7.01. The highest BCUT2D eigenvalue weighted by Crippen LogP contribution is 2.73. The van der Waals surface area contributed by atoms with Crippen LogP contribution in [0.2, 0.25) is 0 Å². The smallest absolute Gasteiger partial charge is 0.406 e. The molecule has 0 radical (unpaired) electrons. The van der Waals surface area contributed by atoms with E-state index in [1.54, 1.807) is 36.4 Å². The third-order valence-corrected chi connectivity index (χ3v) is 6.05. The molecule has 1 amide bonds. The lowest BCUT2D eigenvalue weighted by Crippen LogP contribution is -2.63. The van der Waals surface area contributed by atoms with Gasteiger partial charge in [-0.2, -0.15) is 13.2 Å². The summed E-state index contributed by atoms with van der Waals surface area (Å²) in [5.74, 6) is -4.30. The molecule has 142 valence electrons. The highest BCUT2D eigenvalue weighted by molar-refractivity contribution is 6.07. The summed E-state index contributed by atoms with van der Waals surface area (Å²) < 4.78 is 48.1. The summed E-state index contributed by atoms with van der Waals surface area (Å²) in [4.78, 5) is 26.1. The summed E-state index contributed by atoms with van der Waals surface area (Å²) in [6.45, 7) is 3.74. The first-order valence-corrected chi connectivity index (χ1v) is 8.42. The quantitative estimate of drug-likeness (QED) is 0.635. The maximum atomic E-state index is 14.5. The highest BCUT2D eigenvalue weighted by Gasteiger charge is 2.86. The van der Waals surface area contributed by atoms with Crippen LogP contribution in [0.5, 0.6) is 0 Å². The van der Waals surface area contributed by atoms with Crippen LogP contribution < -0.4 is 10.4 Å². The third-order valence-electron chi connectivity index (χ3n) is 6.05. The monoisotopic (exact) mass is 378 g/mol. The van der Waals surface area contributed by atoms with E-state index < -0.39 is 40.7 Å². The molecular weight excluding hydrogens is 361 g/mol. The van der Waals surface area contributed by atoms with E-state index in [0.29, 0.717) is 5.69 Å². The Hall–Kier alpha value is -2.77. The van der Waals surface area contributed by atoms with E-state index in [4.69, 9.17) is 0 Å². The van der Waals surface area contributed by atoms with Gasteiger partial charge in [-0.1, -0.05) is 36.9 Å². The first-order valence-electron chi connectivity index (χ1n) is 8.42. The number of para-hydroxylation sites is 1. The Morgan fingerprint density at radius 3 is 2.48 bits per heavy atom. The number of amides is 1. The van der Waals surface area contributed by atoms with Gasteiger partial charge in [0.25, 0.3) is 5.91 Å². The standard InChI is InChI=1S/C19H17F3N2O3/c1-11-17(15(25)24(23-11)14-6-4-3-5-7-14)12-8-9-13(10-12)18(17,16(26)27-2)19(20,21)22/h3-9,12-13,23H,1,10H2,2H3/t12-,13+,17-,18-/m1/s1. The van der Waals surface area contributed by atoms with E-state index in [1.165, 1.54) is 6.08 Å². The van der Waals surface area contributed by atoms with E-state index in [0.717, 1.165) is 12.1 Å². The van der Waals surface area contributed by atoms with E-state index >= 15 is 0 Å². The summed E-state index contributed by atoms with van der Waals surface area (Å²) >= 11 is 0. The summed E-state index contributed by atoms with van der Waals surface area (Å²) in [5.41, 5.74) is -2.28. The van der Waals surface area contributed by atoms with Crippen LogP contribution in [-0.4, -0.2) is 25.2 Å². The Bertz CT molecular complexity index is 867. The Balaban J connectivity index is 1.97. The number of hydrogen-bond acceptors (Lipinski definition) is 4. The molecule has 5 nitrogen and oxygen atoms in total. The Labute approximate surface area is 153 Å². The van der Waals surface area contributed by atoms with Gasteiger partial charge in [-0.15, -0.1) is 0 Å². The molecule has 4 atom stereocenters. The number of hydrogen-bond donors (Lipinski definition) is 1. The second kappa shape index (κ2) is 5.37. The van der Waals surface area contributed by atoms with Crippen molar-refractivity contribution in [3.05, 3.63) is 54.8 Å². The predicted octanol–water partition coefficient (Wildman–Crippen LogP) is 2.97. The number of allylic oxidation sites excluding steroid dienone is 2. The van der Waals surface area contributed by atoms with Gasteiger partial charge in [-0.05, 0) is 24.5 Å². The van der Waals surface area contributed by atoms with Gasteiger partial charge in [0.05, 0.1) is 12.8 Å². The molecule has 27 heavy (non-hydrogen) atoms. The lowest BCUT2D eigenvalue weighted by Gasteiger charge is -2.45. The molecule has 4 rings (SSSR count). The second-order valence-corrected chi connectivity index (χ2v) is 7.01. The van der Waals surface area contributed by atoms with Crippen LogP contribution in [0.25, 0.3) is 0 Å². The number of alkyl halides is 3. The van der Waals surface area contributed by atoms with Crippen molar-refractivity contribution in [1.29, 1.82) is 0 Å². The number of halogens is 3. The molecule has 3 aliphatic rings. The minimum Gasteiger partial charge on any atom is -0.468 e. The molecule has 2 bridgehead atoms. The lowest BCUT2D eigenvalue weighted by molar-refractivity contribution is -0.262. The van der Waals surface area contributed by atoms with Crippen LogP contribution in [0.3, 0.4) is 0 Å². The molecule has 2 fully saturated rings. The molecule has 1 N–H and O–H groups in total. The fourth-order valence-corrected chi connectivity index (χ4v) is 5.08. The number of anilines is 1. The van der Waals surface area contributed by atoms with Crippen molar-refractivity contribution in [2.45, 2.75) is 12.6 Å². The van der Waals surface area contributed by atoms with Crippen LogP contribution in [0.15, 0.2) is 54.8 Å². The number of rotatable bonds is 2. The minimum absolute atomic E-state index is 0.0314. The zero-order valence-corrected chi connectivity index (χ0v) is 14.4. The topological polar surface area (TPSA) is 58.6 Å². The summed E-state index contributed by atoms with van der Waals surface area (Å²) in [7, 11) is 0.907. The van der Waals surface area contributed by atoms with Crippen LogP contribution in [0, 0.1) is 22.7 Å². The van der Waals surface area contributed by atoms with Gasteiger partial charge in [0.2, 0.25) is 0 Å². The zero-order valence-electron chi connectivity index (χ0n) is 14.4. The molecule has 1 saturated carbocycles. The van der Waals surface area contributed by atoms with E-state index in [9.17, 15) is 22.8 Å². The maximum absolute atomic E-state index is 14.5. The fraction of sp³-hybridized carbons (Fsp3) is 0.368. The summed E-state index contributed by atoms with van der Waals surface area (Å²) in [6.07, 6.45) is -2.02. The Kier molecular flexibility index (Phi) is 3.51. The first-order chi connectivity index (χ1) is 12.7. The molecule has 1 aliphatic heterocycles. The summed E-state index contributed by atoms with van der Waals surface area (Å²) in [6, 6.07) is 8.23. The maximum Gasteiger partial charge on any atom is 0.406 e. The normalized spacial score (nSPS) is 34.4. The van der Waals surface area contributed by atoms with Crippen molar-refractivity contribution in [1.82, 2.24) is 5.43 Å². The molecule has 1 saturated heterocycles. The predicted molar refractivity (Wildman–Crippen MR) is 89.9 cm³/mol. The van der Waals surface area contributed by atoms with Crippen LogP contribution in [0.4, 0.5) is 18.9 Å². The van der Waals surface area contributed by atoms with Gasteiger partial charge in [0.15, 0.2) is 5.41 Å². The Morgan fingerprint density at radius 1 is 1.26 bits per heavy atom. The van der Waals surface area contributed by atoms with Crippen LogP contribution in [-0.2, 0) is 14.3 Å². The van der Waals surface area contributed by atoms with Crippen molar-refractivity contribution < 1.29 is 27.5 Å². The number of nitrogens with zero attached hydrogens (tertiary/aromatic N) is 1. The van der Waals surface area contributed by atoms with Gasteiger partial charge in [0, 0.05) is 11.6 Å². The molecule has 0 unspecified atom stereocenters. The van der Waals surface area contributed by atoms with Gasteiger partial charge in [-0.3, -0.25) is 15.0 Å². The van der Waals surface area contributed by atoms with Crippen LogP contribution in [0.1, 0.15) is 6.42 Å². The van der Waals surface area contributed by atoms with E-state index in [-0.39, 0.29) is 12.1 Å². The van der Waals surface area contributed by atoms with Gasteiger partial charge < -0.3 is 4.74 Å². The van der Waals surface area contributed by atoms with Crippen molar-refractivity contribution in [2.75, 3.05) is 12.1 Å². The number of esters is 1. The molecule has 8 heteroatoms. The molecule has 1 heterocycles. The number of hydrazine groups is 1. The molecular formula is C19H17F3N2O3. The third kappa shape index (κ3) is 1.80.